The number of aryl methyl sites for hydroxylation is 1. The molecule has 5 aliphatic rings. The van der Waals surface area contributed by atoms with Gasteiger partial charge >= 0.3 is 12.2 Å². The van der Waals surface area contributed by atoms with E-state index in [1.54, 1.807) is 25.7 Å². The molecule has 0 radical (unpaired) electrons. The molecule has 0 aromatic carbocycles. The van der Waals surface area contributed by atoms with E-state index in [0.29, 0.717) is 25.3 Å². The Morgan fingerprint density at radius 2 is 1.75 bits per heavy atom. The molecule has 6 bridgehead atoms. The molecule has 1 spiro atoms. The van der Waals surface area contributed by atoms with E-state index in [1.165, 1.54) is 0 Å². The largest absolute Gasteiger partial charge is 0.508 e. The van der Waals surface area contributed by atoms with Crippen LogP contribution >= 0.6 is 0 Å². The summed E-state index contributed by atoms with van der Waals surface area (Å²) in [6.45, 7) is 12.0. The van der Waals surface area contributed by atoms with E-state index >= 15 is 0 Å². The van der Waals surface area contributed by atoms with E-state index in [1.807, 2.05) is 25.7 Å². The van der Waals surface area contributed by atoms with Gasteiger partial charge in [0.1, 0.15) is 35.4 Å². The van der Waals surface area contributed by atoms with Crippen molar-refractivity contribution in [1.82, 2.24) is 9.80 Å². The third-order valence-electron chi connectivity index (χ3n) is 8.35. The van der Waals surface area contributed by atoms with Gasteiger partial charge in [0.15, 0.2) is 0 Å². The normalized spacial score (nSPS) is 29.1. The molecule has 1 aliphatic carbocycles. The minimum atomic E-state index is -0.887. The minimum Gasteiger partial charge on any atom is -0.464 e. The lowest BCUT2D eigenvalue weighted by atomic mass is 9.67. The quantitative estimate of drug-likeness (QED) is 0.313. The summed E-state index contributed by atoms with van der Waals surface area (Å²) >= 11 is 0. The maximum absolute atomic E-state index is 14.5. The van der Waals surface area contributed by atoms with E-state index in [0.717, 1.165) is 49.8 Å². The fraction of sp³-hybridized carbons (Fsp3) is 0.710. The van der Waals surface area contributed by atoms with Crippen molar-refractivity contribution in [3.8, 4) is 0 Å². The lowest BCUT2D eigenvalue weighted by molar-refractivity contribution is -0.149. The molecule has 2 saturated heterocycles. The fourth-order valence-electron chi connectivity index (χ4n) is 6.95. The second kappa shape index (κ2) is 10.5. The average Bonchev–Trinajstić information content (AvgIpc) is 3.45. The number of nitrogens with zero attached hydrogens (tertiary/aromatic N) is 2. The molecule has 9 heteroatoms. The lowest BCUT2D eigenvalue weighted by Crippen LogP contribution is -2.53. The van der Waals surface area contributed by atoms with Gasteiger partial charge in [0.25, 0.3) is 0 Å². The molecule has 0 N–H and O–H groups in total. The number of hydrogen-bond acceptors (Lipinski definition) is 7. The summed E-state index contributed by atoms with van der Waals surface area (Å²) in [6, 6.07) is 0.914. The highest BCUT2D eigenvalue weighted by atomic mass is 16.7. The first-order valence-corrected chi connectivity index (χ1v) is 14.7. The van der Waals surface area contributed by atoms with Crippen molar-refractivity contribution >= 4 is 18.2 Å². The zero-order valence-corrected chi connectivity index (χ0v) is 24.8. The Hall–Kier alpha value is -2.97. The third kappa shape index (κ3) is 5.36. The van der Waals surface area contributed by atoms with Crippen LogP contribution in [-0.2, 0) is 25.4 Å². The van der Waals surface area contributed by atoms with Gasteiger partial charge < -0.3 is 23.5 Å². The Labute approximate surface area is 237 Å². The highest BCUT2D eigenvalue weighted by Gasteiger charge is 2.70. The van der Waals surface area contributed by atoms with Gasteiger partial charge in [0.05, 0.1) is 11.5 Å². The van der Waals surface area contributed by atoms with Gasteiger partial charge in [-0.3, -0.25) is 9.69 Å². The van der Waals surface area contributed by atoms with Crippen molar-refractivity contribution in [3.63, 3.8) is 0 Å². The molecule has 4 atom stereocenters. The molecule has 5 heterocycles. The van der Waals surface area contributed by atoms with Crippen LogP contribution in [-0.4, -0.2) is 64.9 Å². The van der Waals surface area contributed by atoms with E-state index in [4.69, 9.17) is 18.6 Å². The Morgan fingerprint density at radius 1 is 1.02 bits per heavy atom. The number of hydrogen-bond donors (Lipinski definition) is 0. The maximum Gasteiger partial charge on any atom is 0.508 e. The number of rotatable bonds is 2. The summed E-state index contributed by atoms with van der Waals surface area (Å²) in [5, 5.41) is 0. The maximum atomic E-state index is 14.5. The number of allylic oxidation sites excluding steroid dienone is 2. The summed E-state index contributed by atoms with van der Waals surface area (Å²) in [6.07, 6.45) is 8.80. The molecular weight excluding hydrogens is 512 g/mol. The third-order valence-corrected chi connectivity index (χ3v) is 8.35. The van der Waals surface area contributed by atoms with Gasteiger partial charge in [-0.1, -0.05) is 12.2 Å². The Morgan fingerprint density at radius 3 is 2.48 bits per heavy atom. The first-order chi connectivity index (χ1) is 18.8. The van der Waals surface area contributed by atoms with E-state index in [9.17, 15) is 14.4 Å². The summed E-state index contributed by atoms with van der Waals surface area (Å²) in [4.78, 5) is 44.5. The van der Waals surface area contributed by atoms with Crippen molar-refractivity contribution in [2.24, 2.45) is 5.41 Å². The highest BCUT2D eigenvalue weighted by Crippen LogP contribution is 2.67. The van der Waals surface area contributed by atoms with Crippen LogP contribution in [0, 0.1) is 5.41 Å². The molecule has 40 heavy (non-hydrogen) atoms. The Bertz CT molecular complexity index is 1170. The smallest absolute Gasteiger partial charge is 0.464 e. The first kappa shape index (κ1) is 28.6. The molecule has 0 saturated carbocycles. The van der Waals surface area contributed by atoms with Crippen molar-refractivity contribution in [3.05, 3.63) is 35.3 Å². The second-order valence-electron chi connectivity index (χ2n) is 13.6. The number of ether oxygens (including phenoxy) is 3. The van der Waals surface area contributed by atoms with Crippen LogP contribution in [0.4, 0.5) is 9.59 Å². The number of piperidine rings is 1. The van der Waals surface area contributed by atoms with Crippen molar-refractivity contribution in [2.75, 3.05) is 19.7 Å². The molecule has 0 unspecified atom stereocenters. The van der Waals surface area contributed by atoms with Crippen LogP contribution in [0.2, 0.25) is 0 Å². The second-order valence-corrected chi connectivity index (χ2v) is 13.6. The van der Waals surface area contributed by atoms with Crippen LogP contribution in [0.3, 0.4) is 0 Å². The number of carbonyl (C=O) groups is 3. The fourth-order valence-corrected chi connectivity index (χ4v) is 6.95. The van der Waals surface area contributed by atoms with Crippen LogP contribution in [0.15, 0.2) is 22.6 Å². The predicted octanol–water partition coefficient (Wildman–Crippen LogP) is 6.27. The summed E-state index contributed by atoms with van der Waals surface area (Å²) < 4.78 is 23.3. The van der Waals surface area contributed by atoms with Gasteiger partial charge in [-0.2, -0.15) is 0 Å². The SMILES string of the molecule is CC(C)(C)OC(=O)OC[C@H]1C[C@@]23C(=O)N4CCCC/C=C\CCc5cc(c(o5)[C@@H]2N1C(=O)OC(C)(C)C)[C@@H]3CC4. The van der Waals surface area contributed by atoms with Crippen molar-refractivity contribution < 1.29 is 33.0 Å². The summed E-state index contributed by atoms with van der Waals surface area (Å²) in [5.41, 5.74) is -1.31. The Kier molecular flexibility index (Phi) is 7.46. The predicted molar refractivity (Wildman–Crippen MR) is 148 cm³/mol. The minimum absolute atomic E-state index is 0.0560. The number of likely N-dealkylation sites (tertiary alicyclic amines) is 1. The number of carbonyl (C=O) groups excluding carboxylic acids is 3. The van der Waals surface area contributed by atoms with Crippen LogP contribution in [0.5, 0.6) is 0 Å². The first-order valence-electron chi connectivity index (χ1n) is 14.7. The summed E-state index contributed by atoms with van der Waals surface area (Å²) in [5.74, 6) is 1.52. The Balaban J connectivity index is 1.56. The number of furan rings is 1. The van der Waals surface area contributed by atoms with Gasteiger partial charge in [-0.05, 0) is 86.1 Å². The van der Waals surface area contributed by atoms with Crippen molar-refractivity contribution in [2.45, 2.75) is 116 Å². The average molecular weight is 557 g/mol. The summed E-state index contributed by atoms with van der Waals surface area (Å²) in [7, 11) is 0. The van der Waals surface area contributed by atoms with E-state index < -0.39 is 40.9 Å². The number of fused-ring (bicyclic) bond motifs is 7. The molecule has 9 nitrogen and oxygen atoms in total. The topological polar surface area (TPSA) is 98.5 Å². The molecule has 1 aromatic rings. The zero-order valence-electron chi connectivity index (χ0n) is 24.8. The van der Waals surface area contributed by atoms with Crippen LogP contribution in [0.1, 0.15) is 109 Å². The standard InChI is InChI=1S/C31H44N2O7/c1-29(2,3)39-27(35)33-20(19-37-28(36)40-30(4,5)6)18-31-23-14-16-32(26(31)34)15-12-10-8-7-9-11-13-21-17-22(23)24(38-21)25(31)33/h7,9,17,20,23,25H,8,10-16,18-19H2,1-6H3/b9-7-/t20-,23+,25+,31+/m1/s1. The number of amides is 2. The zero-order chi connectivity index (χ0) is 28.9. The van der Waals surface area contributed by atoms with E-state index in [-0.39, 0.29) is 18.4 Å². The monoisotopic (exact) mass is 556 g/mol. The van der Waals surface area contributed by atoms with Gasteiger partial charge in [-0.15, -0.1) is 0 Å². The molecule has 2 fully saturated rings. The molecule has 220 valence electrons. The molecule has 2 amide bonds. The van der Waals surface area contributed by atoms with E-state index in [2.05, 4.69) is 18.2 Å². The van der Waals surface area contributed by atoms with Crippen LogP contribution < -0.4 is 0 Å². The van der Waals surface area contributed by atoms with Gasteiger partial charge in [0.2, 0.25) is 5.91 Å². The lowest BCUT2D eigenvalue weighted by Gasteiger charge is -2.44. The van der Waals surface area contributed by atoms with Crippen molar-refractivity contribution in [1.29, 1.82) is 0 Å². The van der Waals surface area contributed by atoms with Gasteiger partial charge in [-0.25, -0.2) is 9.59 Å². The highest BCUT2D eigenvalue weighted by molar-refractivity contribution is 5.89. The molecule has 1 aromatic heterocycles. The molecule has 6 rings (SSSR count). The molecule has 4 aliphatic heterocycles. The van der Waals surface area contributed by atoms with Crippen LogP contribution in [0.25, 0.3) is 0 Å². The molecular formula is C31H44N2O7. The van der Waals surface area contributed by atoms with Gasteiger partial charge in [0, 0.05) is 31.0 Å².